The number of hydrogen-bond acceptors (Lipinski definition) is 5. The Bertz CT molecular complexity index is 768. The summed E-state index contributed by atoms with van der Waals surface area (Å²) >= 11 is 1.29. The van der Waals surface area contributed by atoms with Gasteiger partial charge in [0.05, 0.1) is 23.1 Å². The Kier molecular flexibility index (Phi) is 4.78. The molecule has 1 aromatic carbocycles. The maximum absolute atomic E-state index is 12.8. The minimum atomic E-state index is -0.608. The first-order chi connectivity index (χ1) is 11.6. The zero-order chi connectivity index (χ0) is 17.1. The van der Waals surface area contributed by atoms with Gasteiger partial charge in [-0.15, -0.1) is 11.3 Å². The molecule has 2 aromatic rings. The SMILES string of the molecule is COCCN1C(=O)C(O)=C(C(=O)c2cccs2)[C@H]1c1ccccc1. The number of aliphatic hydroxyl groups is 1. The molecule has 0 radical (unpaired) electrons. The second kappa shape index (κ2) is 6.98. The number of carbonyl (C=O) groups is 2. The molecule has 1 aliphatic rings. The number of rotatable bonds is 6. The van der Waals surface area contributed by atoms with E-state index in [0.29, 0.717) is 18.0 Å². The molecule has 2 heterocycles. The second-order valence-electron chi connectivity index (χ2n) is 5.37. The van der Waals surface area contributed by atoms with Crippen LogP contribution in [0.5, 0.6) is 0 Å². The van der Waals surface area contributed by atoms with Gasteiger partial charge in [-0.1, -0.05) is 36.4 Å². The standard InChI is InChI=1S/C18H17NO4S/c1-23-10-9-19-15(12-6-3-2-4-7-12)14(17(21)18(19)22)16(20)13-8-5-11-24-13/h2-8,11,15,21H,9-10H2,1H3/t15-/m1/s1. The molecule has 3 rings (SSSR count). The topological polar surface area (TPSA) is 66.8 Å². The summed E-state index contributed by atoms with van der Waals surface area (Å²) in [6.45, 7) is 0.614. The van der Waals surface area contributed by atoms with Crippen LogP contribution in [0.25, 0.3) is 0 Å². The van der Waals surface area contributed by atoms with Gasteiger partial charge in [0, 0.05) is 13.7 Å². The predicted molar refractivity (Wildman–Crippen MR) is 91.1 cm³/mol. The lowest BCUT2D eigenvalue weighted by atomic mass is 9.95. The van der Waals surface area contributed by atoms with Crippen LogP contribution >= 0.6 is 11.3 Å². The highest BCUT2D eigenvalue weighted by Crippen LogP contribution is 2.39. The summed E-state index contributed by atoms with van der Waals surface area (Å²) in [4.78, 5) is 27.3. The predicted octanol–water partition coefficient (Wildman–Crippen LogP) is 2.97. The smallest absolute Gasteiger partial charge is 0.290 e. The Morgan fingerprint density at radius 2 is 2.00 bits per heavy atom. The molecule has 24 heavy (non-hydrogen) atoms. The lowest BCUT2D eigenvalue weighted by Crippen LogP contribution is -2.33. The number of methoxy groups -OCH3 is 1. The van der Waals surface area contributed by atoms with Crippen LogP contribution in [0.2, 0.25) is 0 Å². The summed E-state index contributed by atoms with van der Waals surface area (Å²) in [5.41, 5.74) is 0.913. The molecular weight excluding hydrogens is 326 g/mol. The lowest BCUT2D eigenvalue weighted by molar-refractivity contribution is -0.130. The second-order valence-corrected chi connectivity index (χ2v) is 6.32. The van der Waals surface area contributed by atoms with Crippen molar-refractivity contribution in [3.8, 4) is 0 Å². The van der Waals surface area contributed by atoms with Gasteiger partial charge in [0.1, 0.15) is 0 Å². The first kappa shape index (κ1) is 16.4. The zero-order valence-corrected chi connectivity index (χ0v) is 14.0. The minimum Gasteiger partial charge on any atom is -0.503 e. The molecule has 0 fully saturated rings. The molecule has 0 saturated heterocycles. The summed E-state index contributed by atoms with van der Waals surface area (Å²) < 4.78 is 5.06. The van der Waals surface area contributed by atoms with E-state index in [2.05, 4.69) is 0 Å². The van der Waals surface area contributed by atoms with Crippen LogP contribution in [0, 0.1) is 0 Å². The van der Waals surface area contributed by atoms with Crippen molar-refractivity contribution in [2.24, 2.45) is 0 Å². The molecular formula is C18H17NO4S. The Morgan fingerprint density at radius 3 is 2.62 bits per heavy atom. The van der Waals surface area contributed by atoms with E-state index < -0.39 is 17.7 Å². The highest BCUT2D eigenvalue weighted by atomic mass is 32.1. The minimum absolute atomic E-state index is 0.129. The van der Waals surface area contributed by atoms with Gasteiger partial charge >= 0.3 is 0 Å². The molecule has 1 N–H and O–H groups in total. The van der Waals surface area contributed by atoms with Crippen molar-refractivity contribution in [2.45, 2.75) is 6.04 Å². The maximum Gasteiger partial charge on any atom is 0.290 e. The van der Waals surface area contributed by atoms with Crippen molar-refractivity contribution < 1.29 is 19.4 Å². The fourth-order valence-corrected chi connectivity index (χ4v) is 3.51. The Morgan fingerprint density at radius 1 is 1.25 bits per heavy atom. The number of ether oxygens (including phenoxy) is 1. The molecule has 0 aliphatic carbocycles. The third-order valence-electron chi connectivity index (χ3n) is 3.94. The maximum atomic E-state index is 12.8. The van der Waals surface area contributed by atoms with E-state index in [0.717, 1.165) is 5.56 Å². The van der Waals surface area contributed by atoms with Gasteiger partial charge in [-0.25, -0.2) is 0 Å². The zero-order valence-electron chi connectivity index (χ0n) is 13.1. The molecule has 1 amide bonds. The van der Waals surface area contributed by atoms with Gasteiger partial charge < -0.3 is 14.7 Å². The van der Waals surface area contributed by atoms with E-state index in [1.165, 1.54) is 16.2 Å². The first-order valence-electron chi connectivity index (χ1n) is 7.51. The van der Waals surface area contributed by atoms with Crippen molar-refractivity contribution >= 4 is 23.0 Å². The van der Waals surface area contributed by atoms with E-state index in [-0.39, 0.29) is 11.4 Å². The first-order valence-corrected chi connectivity index (χ1v) is 8.39. The van der Waals surface area contributed by atoms with Crippen molar-refractivity contribution in [1.29, 1.82) is 0 Å². The van der Waals surface area contributed by atoms with E-state index >= 15 is 0 Å². The number of Topliss-reactive ketones (excluding diaryl/α,β-unsaturated/α-hetero) is 1. The molecule has 1 aliphatic heterocycles. The van der Waals surface area contributed by atoms with Gasteiger partial charge in [0.2, 0.25) is 5.78 Å². The quantitative estimate of drug-likeness (QED) is 0.819. The highest BCUT2D eigenvalue weighted by molar-refractivity contribution is 7.12. The van der Waals surface area contributed by atoms with Crippen molar-refractivity contribution in [1.82, 2.24) is 4.90 Å². The fourth-order valence-electron chi connectivity index (χ4n) is 2.83. The molecule has 0 saturated carbocycles. The molecule has 0 unspecified atom stereocenters. The third-order valence-corrected chi connectivity index (χ3v) is 4.81. The number of ketones is 1. The number of aliphatic hydroxyl groups excluding tert-OH is 1. The third kappa shape index (κ3) is 2.86. The normalized spacial score (nSPS) is 17.6. The Hall–Kier alpha value is -2.44. The summed E-state index contributed by atoms with van der Waals surface area (Å²) in [5, 5.41) is 12.2. The molecule has 124 valence electrons. The monoisotopic (exact) mass is 343 g/mol. The fraction of sp³-hybridized carbons (Fsp3) is 0.222. The van der Waals surface area contributed by atoms with Crippen LogP contribution in [0.4, 0.5) is 0 Å². The Labute approximate surface area is 143 Å². The molecule has 6 heteroatoms. The molecule has 5 nitrogen and oxygen atoms in total. The van der Waals surface area contributed by atoms with E-state index in [9.17, 15) is 14.7 Å². The average Bonchev–Trinajstić information content (AvgIpc) is 3.22. The number of carbonyl (C=O) groups excluding carboxylic acids is 2. The number of amides is 1. The summed E-state index contributed by atoms with van der Waals surface area (Å²) in [5.74, 6) is -1.33. The van der Waals surface area contributed by atoms with Gasteiger partial charge in [-0.05, 0) is 17.0 Å². The summed E-state index contributed by atoms with van der Waals surface area (Å²) in [6, 6.07) is 12.1. The van der Waals surface area contributed by atoms with Crippen LogP contribution in [0.15, 0.2) is 59.2 Å². The number of benzene rings is 1. The van der Waals surface area contributed by atoms with E-state index in [1.54, 1.807) is 24.6 Å². The van der Waals surface area contributed by atoms with Crippen molar-refractivity contribution in [2.75, 3.05) is 20.3 Å². The number of hydrogen-bond donors (Lipinski definition) is 1. The van der Waals surface area contributed by atoms with Crippen LogP contribution in [-0.2, 0) is 9.53 Å². The summed E-state index contributed by atoms with van der Waals surface area (Å²) in [7, 11) is 1.54. The molecule has 0 bridgehead atoms. The van der Waals surface area contributed by atoms with Gasteiger partial charge in [0.25, 0.3) is 5.91 Å². The number of thiophene rings is 1. The summed E-state index contributed by atoms with van der Waals surface area (Å²) in [6.07, 6.45) is 0. The highest BCUT2D eigenvalue weighted by Gasteiger charge is 2.43. The van der Waals surface area contributed by atoms with Gasteiger partial charge in [-0.2, -0.15) is 0 Å². The molecule has 1 aromatic heterocycles. The van der Waals surface area contributed by atoms with E-state index in [1.807, 2.05) is 30.3 Å². The van der Waals surface area contributed by atoms with Gasteiger partial charge in [-0.3, -0.25) is 9.59 Å². The molecule has 0 spiro atoms. The van der Waals surface area contributed by atoms with Crippen LogP contribution in [-0.4, -0.2) is 42.0 Å². The molecule has 1 atom stereocenters. The average molecular weight is 343 g/mol. The lowest BCUT2D eigenvalue weighted by Gasteiger charge is -2.26. The van der Waals surface area contributed by atoms with Gasteiger partial charge in [0.15, 0.2) is 5.76 Å². The van der Waals surface area contributed by atoms with Crippen molar-refractivity contribution in [3.05, 3.63) is 69.6 Å². The van der Waals surface area contributed by atoms with Crippen LogP contribution in [0.3, 0.4) is 0 Å². The van der Waals surface area contributed by atoms with Crippen LogP contribution < -0.4 is 0 Å². The van der Waals surface area contributed by atoms with Crippen molar-refractivity contribution in [3.63, 3.8) is 0 Å². The van der Waals surface area contributed by atoms with Crippen LogP contribution in [0.1, 0.15) is 21.3 Å². The number of nitrogens with zero attached hydrogens (tertiary/aromatic N) is 1. The van der Waals surface area contributed by atoms with E-state index in [4.69, 9.17) is 4.74 Å². The Balaban J connectivity index is 2.06. The largest absolute Gasteiger partial charge is 0.503 e.